The maximum absolute atomic E-state index is 12.3. The molecule has 0 N–H and O–H groups in total. The Labute approximate surface area is 115 Å². The highest BCUT2D eigenvalue weighted by atomic mass is 79.9. The van der Waals surface area contributed by atoms with E-state index in [1.54, 1.807) is 31.1 Å². The zero-order valence-electron chi connectivity index (χ0n) is 9.92. The molecule has 0 bridgehead atoms. The average Bonchev–Trinajstić information content (AvgIpc) is 2.28. The van der Waals surface area contributed by atoms with Crippen LogP contribution in [-0.4, -0.2) is 42.8 Å². The van der Waals surface area contributed by atoms with E-state index in [2.05, 4.69) is 20.9 Å². The summed E-state index contributed by atoms with van der Waals surface area (Å²) in [7, 11) is -1.86. The normalized spacial score (nSPS) is 13.9. The van der Waals surface area contributed by atoms with Gasteiger partial charge in [0.2, 0.25) is 10.0 Å². The van der Waals surface area contributed by atoms with Crippen LogP contribution in [0.15, 0.2) is 27.8 Å². The first kappa shape index (κ1) is 14.9. The SMILES string of the molecule is CSCC(C)N(C)S(=O)(=O)c1cncc(Br)c1. The van der Waals surface area contributed by atoms with Gasteiger partial charge in [-0.15, -0.1) is 0 Å². The van der Waals surface area contributed by atoms with Crippen LogP contribution in [-0.2, 0) is 10.0 Å². The fourth-order valence-corrected chi connectivity index (χ4v) is 3.95. The van der Waals surface area contributed by atoms with Gasteiger partial charge in [-0.1, -0.05) is 0 Å². The van der Waals surface area contributed by atoms with Gasteiger partial charge in [0, 0.05) is 35.7 Å². The summed E-state index contributed by atoms with van der Waals surface area (Å²) < 4.78 is 26.6. The Morgan fingerprint density at radius 3 is 2.71 bits per heavy atom. The van der Waals surface area contributed by atoms with E-state index in [0.29, 0.717) is 4.47 Å². The Balaban J connectivity index is 3.03. The molecule has 0 fully saturated rings. The summed E-state index contributed by atoms with van der Waals surface area (Å²) in [6, 6.07) is 1.51. The highest BCUT2D eigenvalue weighted by molar-refractivity contribution is 9.10. The second kappa shape index (κ2) is 6.17. The fraction of sp³-hybridized carbons (Fsp3) is 0.500. The molecule has 1 aromatic rings. The van der Waals surface area contributed by atoms with Crippen molar-refractivity contribution in [2.45, 2.75) is 17.9 Å². The molecule has 17 heavy (non-hydrogen) atoms. The lowest BCUT2D eigenvalue weighted by molar-refractivity contribution is 0.415. The van der Waals surface area contributed by atoms with E-state index < -0.39 is 10.0 Å². The van der Waals surface area contributed by atoms with E-state index in [1.165, 1.54) is 10.5 Å². The van der Waals surface area contributed by atoms with E-state index in [1.807, 2.05) is 13.2 Å². The number of nitrogens with zero attached hydrogens (tertiary/aromatic N) is 2. The third-order valence-corrected chi connectivity index (χ3v) is 5.57. The van der Waals surface area contributed by atoms with Crippen molar-refractivity contribution in [2.24, 2.45) is 0 Å². The van der Waals surface area contributed by atoms with Gasteiger partial charge in [-0.2, -0.15) is 16.1 Å². The summed E-state index contributed by atoms with van der Waals surface area (Å²) in [4.78, 5) is 4.09. The number of aromatic nitrogens is 1. The van der Waals surface area contributed by atoms with Crippen molar-refractivity contribution in [3.8, 4) is 0 Å². The van der Waals surface area contributed by atoms with Crippen molar-refractivity contribution in [3.63, 3.8) is 0 Å². The minimum absolute atomic E-state index is 0.0472. The lowest BCUT2D eigenvalue weighted by Crippen LogP contribution is -2.36. The van der Waals surface area contributed by atoms with E-state index in [9.17, 15) is 8.42 Å². The molecule has 1 aromatic heterocycles. The summed E-state index contributed by atoms with van der Waals surface area (Å²) in [6.45, 7) is 1.89. The molecule has 96 valence electrons. The van der Waals surface area contributed by atoms with Gasteiger partial charge in [0.05, 0.1) is 0 Å². The van der Waals surface area contributed by atoms with Crippen molar-refractivity contribution >= 4 is 37.7 Å². The average molecular weight is 339 g/mol. The Morgan fingerprint density at radius 2 is 2.18 bits per heavy atom. The van der Waals surface area contributed by atoms with Crippen LogP contribution in [0.4, 0.5) is 0 Å². The van der Waals surface area contributed by atoms with Gasteiger partial charge in [-0.3, -0.25) is 4.98 Å². The number of pyridine rings is 1. The molecule has 1 rings (SSSR count). The summed E-state index contributed by atoms with van der Waals surface area (Å²) in [5.41, 5.74) is 0. The third-order valence-electron chi connectivity index (χ3n) is 2.39. The number of hydrogen-bond donors (Lipinski definition) is 0. The van der Waals surface area contributed by atoms with Crippen LogP contribution >= 0.6 is 27.7 Å². The lowest BCUT2D eigenvalue weighted by Gasteiger charge is -2.23. The second-order valence-corrected chi connectivity index (χ2v) is 7.49. The van der Waals surface area contributed by atoms with E-state index >= 15 is 0 Å². The first-order valence-electron chi connectivity index (χ1n) is 4.97. The molecule has 0 aromatic carbocycles. The Kier molecular flexibility index (Phi) is 5.43. The smallest absolute Gasteiger partial charge is 0.244 e. The molecule has 0 aliphatic heterocycles. The molecule has 0 saturated carbocycles. The number of sulfonamides is 1. The molecule has 0 spiro atoms. The summed E-state index contributed by atoms with van der Waals surface area (Å²) in [5, 5.41) is 0. The topological polar surface area (TPSA) is 50.3 Å². The van der Waals surface area contributed by atoms with Crippen molar-refractivity contribution in [2.75, 3.05) is 19.1 Å². The van der Waals surface area contributed by atoms with Crippen molar-refractivity contribution in [1.82, 2.24) is 9.29 Å². The minimum atomic E-state index is -3.46. The molecule has 0 amide bonds. The summed E-state index contributed by atoms with van der Waals surface area (Å²) in [6.07, 6.45) is 4.88. The fourth-order valence-electron chi connectivity index (χ4n) is 1.28. The van der Waals surface area contributed by atoms with Gasteiger partial charge < -0.3 is 0 Å². The van der Waals surface area contributed by atoms with Crippen LogP contribution in [0.2, 0.25) is 0 Å². The third kappa shape index (κ3) is 3.67. The quantitative estimate of drug-likeness (QED) is 0.825. The lowest BCUT2D eigenvalue weighted by atomic mass is 10.4. The number of rotatable bonds is 5. The molecule has 0 aliphatic carbocycles. The standard InChI is InChI=1S/C10H15BrN2O2S2/c1-8(7-16-3)13(2)17(14,15)10-4-9(11)5-12-6-10/h4-6,8H,7H2,1-3H3. The predicted molar refractivity (Wildman–Crippen MR) is 74.7 cm³/mol. The van der Waals surface area contributed by atoms with Gasteiger partial charge in [0.15, 0.2) is 0 Å². The molecule has 0 radical (unpaired) electrons. The summed E-state index contributed by atoms with van der Waals surface area (Å²) >= 11 is 4.84. The van der Waals surface area contributed by atoms with Gasteiger partial charge in [0.25, 0.3) is 0 Å². The van der Waals surface area contributed by atoms with Gasteiger partial charge in [0.1, 0.15) is 4.90 Å². The Bertz CT molecular complexity index is 479. The number of thioether (sulfide) groups is 1. The van der Waals surface area contributed by atoms with Gasteiger partial charge >= 0.3 is 0 Å². The molecule has 7 heteroatoms. The van der Waals surface area contributed by atoms with Crippen molar-refractivity contribution < 1.29 is 8.42 Å². The highest BCUT2D eigenvalue weighted by Crippen LogP contribution is 2.20. The molecular formula is C10H15BrN2O2S2. The zero-order chi connectivity index (χ0) is 13.1. The largest absolute Gasteiger partial charge is 0.262 e. The minimum Gasteiger partial charge on any atom is -0.262 e. The van der Waals surface area contributed by atoms with Crippen LogP contribution in [0.1, 0.15) is 6.92 Å². The first-order chi connectivity index (χ1) is 7.89. The maximum atomic E-state index is 12.3. The molecule has 4 nitrogen and oxygen atoms in total. The molecule has 1 unspecified atom stereocenters. The van der Waals surface area contributed by atoms with Gasteiger partial charge in [-0.25, -0.2) is 8.42 Å². The van der Waals surface area contributed by atoms with Crippen LogP contribution < -0.4 is 0 Å². The van der Waals surface area contributed by atoms with Gasteiger partial charge in [-0.05, 0) is 35.2 Å². The number of halogens is 1. The van der Waals surface area contributed by atoms with E-state index in [-0.39, 0.29) is 10.9 Å². The van der Waals surface area contributed by atoms with Crippen LogP contribution in [0.25, 0.3) is 0 Å². The molecule has 1 atom stereocenters. The molecule has 1 heterocycles. The van der Waals surface area contributed by atoms with Crippen LogP contribution in [0, 0.1) is 0 Å². The van der Waals surface area contributed by atoms with Crippen molar-refractivity contribution in [1.29, 1.82) is 0 Å². The monoisotopic (exact) mass is 338 g/mol. The summed E-state index contributed by atoms with van der Waals surface area (Å²) in [5.74, 6) is 0.761. The number of hydrogen-bond acceptors (Lipinski definition) is 4. The molecule has 0 saturated heterocycles. The maximum Gasteiger partial charge on any atom is 0.244 e. The van der Waals surface area contributed by atoms with Crippen molar-refractivity contribution in [3.05, 3.63) is 22.9 Å². The zero-order valence-corrected chi connectivity index (χ0v) is 13.1. The molecular weight excluding hydrogens is 324 g/mol. The van der Waals surface area contributed by atoms with E-state index in [0.717, 1.165) is 5.75 Å². The highest BCUT2D eigenvalue weighted by Gasteiger charge is 2.25. The Hall–Kier alpha value is -0.110. The van der Waals surface area contributed by atoms with Crippen LogP contribution in [0.3, 0.4) is 0 Å². The van der Waals surface area contributed by atoms with E-state index in [4.69, 9.17) is 0 Å². The Morgan fingerprint density at radius 1 is 1.53 bits per heavy atom. The second-order valence-electron chi connectivity index (χ2n) is 3.66. The predicted octanol–water partition coefficient (Wildman–Crippen LogP) is 2.22. The molecule has 0 aliphatic rings. The first-order valence-corrected chi connectivity index (χ1v) is 8.59. The van der Waals surface area contributed by atoms with Crippen LogP contribution in [0.5, 0.6) is 0 Å².